The number of carbonyl (C=O) groups is 1. The van der Waals surface area contributed by atoms with Gasteiger partial charge < -0.3 is 10.1 Å². The molecule has 0 saturated carbocycles. The zero-order valence-electron chi connectivity index (χ0n) is 11.1. The van der Waals surface area contributed by atoms with Gasteiger partial charge >= 0.3 is 0 Å². The van der Waals surface area contributed by atoms with Crippen molar-refractivity contribution >= 4 is 17.5 Å². The third-order valence-electron chi connectivity index (χ3n) is 2.66. The number of amides is 1. The van der Waals surface area contributed by atoms with Gasteiger partial charge in [-0.1, -0.05) is 23.7 Å². The molecule has 4 nitrogen and oxygen atoms in total. The van der Waals surface area contributed by atoms with Crippen LogP contribution >= 0.6 is 11.6 Å². The molecule has 0 aliphatic rings. The molecule has 0 saturated heterocycles. The Morgan fingerprint density at radius 1 is 1.40 bits per heavy atom. The molecule has 1 aromatic heterocycles. The van der Waals surface area contributed by atoms with Crippen LogP contribution in [0.1, 0.15) is 15.9 Å². The van der Waals surface area contributed by atoms with E-state index in [1.54, 1.807) is 12.3 Å². The van der Waals surface area contributed by atoms with Crippen LogP contribution in [0.2, 0.25) is 5.02 Å². The zero-order valence-corrected chi connectivity index (χ0v) is 11.9. The monoisotopic (exact) mass is 290 g/mol. The van der Waals surface area contributed by atoms with Crippen LogP contribution in [0, 0.1) is 6.92 Å². The lowest BCUT2D eigenvalue weighted by Gasteiger charge is -2.08. The van der Waals surface area contributed by atoms with Crippen LogP contribution in [0.3, 0.4) is 0 Å². The molecule has 1 heterocycles. The number of hydrogen-bond acceptors (Lipinski definition) is 3. The molecule has 1 aromatic carbocycles. The number of benzene rings is 1. The summed E-state index contributed by atoms with van der Waals surface area (Å²) >= 11 is 5.91. The maximum absolute atomic E-state index is 11.8. The highest BCUT2D eigenvalue weighted by Gasteiger charge is 2.09. The Balaban J connectivity index is 1.79. The molecular weight excluding hydrogens is 276 g/mol. The lowest BCUT2D eigenvalue weighted by atomic mass is 10.2. The van der Waals surface area contributed by atoms with Crippen molar-refractivity contribution in [3.63, 3.8) is 0 Å². The minimum absolute atomic E-state index is 0.254. The largest absolute Gasteiger partial charge is 0.492 e. The second-order valence-corrected chi connectivity index (χ2v) is 4.68. The molecule has 1 amide bonds. The van der Waals surface area contributed by atoms with E-state index in [4.69, 9.17) is 16.3 Å². The molecule has 104 valence electrons. The van der Waals surface area contributed by atoms with Crippen LogP contribution in [0.25, 0.3) is 0 Å². The summed E-state index contributed by atoms with van der Waals surface area (Å²) in [6, 6.07) is 9.34. The molecule has 2 aromatic rings. The van der Waals surface area contributed by atoms with E-state index < -0.39 is 0 Å². The van der Waals surface area contributed by atoms with Crippen molar-refractivity contribution in [3.05, 3.63) is 58.9 Å². The summed E-state index contributed by atoms with van der Waals surface area (Å²) in [5.41, 5.74) is 1.50. The topological polar surface area (TPSA) is 51.2 Å². The van der Waals surface area contributed by atoms with Crippen molar-refractivity contribution in [1.82, 2.24) is 10.3 Å². The number of aryl methyl sites for hydroxylation is 1. The molecule has 0 bridgehead atoms. The molecule has 1 N–H and O–H groups in total. The molecule has 20 heavy (non-hydrogen) atoms. The van der Waals surface area contributed by atoms with E-state index in [-0.39, 0.29) is 5.91 Å². The van der Waals surface area contributed by atoms with Crippen molar-refractivity contribution < 1.29 is 9.53 Å². The average Bonchev–Trinajstić information content (AvgIpc) is 2.44. The molecule has 0 spiro atoms. The molecule has 5 heteroatoms. The number of pyridine rings is 1. The van der Waals surface area contributed by atoms with Crippen molar-refractivity contribution in [2.75, 3.05) is 13.2 Å². The quantitative estimate of drug-likeness (QED) is 0.862. The summed E-state index contributed by atoms with van der Waals surface area (Å²) in [6.07, 6.45) is 2.99. The van der Waals surface area contributed by atoms with Crippen molar-refractivity contribution in [3.8, 4) is 5.75 Å². The van der Waals surface area contributed by atoms with Crippen LogP contribution in [0.5, 0.6) is 5.75 Å². The van der Waals surface area contributed by atoms with Gasteiger partial charge in [0.15, 0.2) is 0 Å². The maximum Gasteiger partial charge on any atom is 0.254 e. The lowest BCUT2D eigenvalue weighted by molar-refractivity contribution is 0.0947. The fourth-order valence-corrected chi connectivity index (χ4v) is 1.87. The Morgan fingerprint density at radius 3 is 3.00 bits per heavy atom. The SMILES string of the molecule is Cc1cccc(OCCNC(=O)c2cnccc2Cl)c1. The molecule has 0 fully saturated rings. The van der Waals surface area contributed by atoms with Crippen molar-refractivity contribution in [1.29, 1.82) is 0 Å². The molecule has 2 rings (SSSR count). The Morgan fingerprint density at radius 2 is 2.25 bits per heavy atom. The van der Waals surface area contributed by atoms with Gasteiger partial charge in [-0.05, 0) is 30.7 Å². The van der Waals surface area contributed by atoms with Gasteiger partial charge in [-0.15, -0.1) is 0 Å². The molecule has 0 atom stereocenters. The third kappa shape index (κ3) is 3.96. The summed E-state index contributed by atoms with van der Waals surface area (Å²) in [5, 5.41) is 3.12. The second kappa shape index (κ2) is 6.91. The Hall–Kier alpha value is -2.07. The highest BCUT2D eigenvalue weighted by Crippen LogP contribution is 2.13. The third-order valence-corrected chi connectivity index (χ3v) is 2.99. The molecule has 0 aliphatic heterocycles. The van der Waals surface area contributed by atoms with Crippen LogP contribution in [-0.2, 0) is 0 Å². The summed E-state index contributed by atoms with van der Waals surface area (Å²) in [5.74, 6) is 0.537. The number of halogens is 1. The summed E-state index contributed by atoms with van der Waals surface area (Å²) in [4.78, 5) is 15.7. The summed E-state index contributed by atoms with van der Waals surface area (Å²) in [6.45, 7) is 2.80. The van der Waals surface area contributed by atoms with Crippen LogP contribution in [0.4, 0.5) is 0 Å². The van der Waals surface area contributed by atoms with Crippen molar-refractivity contribution in [2.24, 2.45) is 0 Å². The van der Waals surface area contributed by atoms with E-state index in [0.717, 1.165) is 11.3 Å². The first kappa shape index (κ1) is 14.3. The van der Waals surface area contributed by atoms with Gasteiger partial charge in [0, 0.05) is 12.4 Å². The Bertz CT molecular complexity index is 602. The molecule has 0 aliphatic carbocycles. The van der Waals surface area contributed by atoms with Gasteiger partial charge in [-0.2, -0.15) is 0 Å². The molecule has 0 radical (unpaired) electrons. The number of aromatic nitrogens is 1. The molecular formula is C15H15ClN2O2. The van der Waals surface area contributed by atoms with E-state index in [9.17, 15) is 4.79 Å². The Labute approximate surface area is 122 Å². The van der Waals surface area contributed by atoms with E-state index in [0.29, 0.717) is 23.7 Å². The van der Waals surface area contributed by atoms with E-state index in [1.165, 1.54) is 6.20 Å². The highest BCUT2D eigenvalue weighted by atomic mass is 35.5. The number of ether oxygens (including phenoxy) is 1. The van der Waals surface area contributed by atoms with Crippen LogP contribution < -0.4 is 10.1 Å². The number of rotatable bonds is 5. The van der Waals surface area contributed by atoms with E-state index >= 15 is 0 Å². The lowest BCUT2D eigenvalue weighted by Crippen LogP contribution is -2.28. The highest BCUT2D eigenvalue weighted by molar-refractivity contribution is 6.33. The van der Waals surface area contributed by atoms with Gasteiger partial charge in [0.05, 0.1) is 17.1 Å². The number of carbonyl (C=O) groups excluding carboxylic acids is 1. The fraction of sp³-hybridized carbons (Fsp3) is 0.200. The van der Waals surface area contributed by atoms with Gasteiger partial charge in [0.2, 0.25) is 0 Å². The van der Waals surface area contributed by atoms with Gasteiger partial charge in [-0.3, -0.25) is 9.78 Å². The van der Waals surface area contributed by atoms with Gasteiger partial charge in [-0.25, -0.2) is 0 Å². The normalized spacial score (nSPS) is 10.1. The first-order valence-corrected chi connectivity index (χ1v) is 6.62. The second-order valence-electron chi connectivity index (χ2n) is 4.28. The van der Waals surface area contributed by atoms with E-state index in [1.807, 2.05) is 31.2 Å². The molecule has 0 unspecified atom stereocenters. The maximum atomic E-state index is 11.8. The fourth-order valence-electron chi connectivity index (χ4n) is 1.68. The first-order chi connectivity index (χ1) is 9.66. The predicted molar refractivity (Wildman–Crippen MR) is 78.3 cm³/mol. The number of nitrogens with zero attached hydrogens (tertiary/aromatic N) is 1. The minimum atomic E-state index is -0.254. The van der Waals surface area contributed by atoms with E-state index in [2.05, 4.69) is 10.3 Å². The predicted octanol–water partition coefficient (Wildman–Crippen LogP) is 2.85. The summed E-state index contributed by atoms with van der Waals surface area (Å²) in [7, 11) is 0. The zero-order chi connectivity index (χ0) is 14.4. The minimum Gasteiger partial charge on any atom is -0.492 e. The number of nitrogens with one attached hydrogen (secondary N) is 1. The van der Waals surface area contributed by atoms with Crippen molar-refractivity contribution in [2.45, 2.75) is 6.92 Å². The summed E-state index contributed by atoms with van der Waals surface area (Å²) < 4.78 is 5.54. The van der Waals surface area contributed by atoms with Gasteiger partial charge in [0.1, 0.15) is 12.4 Å². The standard InChI is InChI=1S/C15H15ClN2O2/c1-11-3-2-4-12(9-11)20-8-7-18-15(19)13-10-17-6-5-14(13)16/h2-6,9-10H,7-8H2,1H3,(H,18,19). The van der Waals surface area contributed by atoms with Crippen LogP contribution in [0.15, 0.2) is 42.7 Å². The average molecular weight is 291 g/mol. The van der Waals surface area contributed by atoms with Crippen LogP contribution in [-0.4, -0.2) is 24.0 Å². The Kier molecular flexibility index (Phi) is 4.96. The first-order valence-electron chi connectivity index (χ1n) is 6.24. The number of hydrogen-bond donors (Lipinski definition) is 1. The smallest absolute Gasteiger partial charge is 0.254 e. The van der Waals surface area contributed by atoms with Gasteiger partial charge in [0.25, 0.3) is 5.91 Å².